The number of carbonyl (C=O) groups excluding carboxylic acids is 1. The molecule has 2 bridgehead atoms. The zero-order valence-electron chi connectivity index (χ0n) is 8.22. The molecule has 3 aliphatic heterocycles. The van der Waals surface area contributed by atoms with Crippen LogP contribution in [0.1, 0.15) is 19.3 Å². The first kappa shape index (κ1) is 10.8. The van der Waals surface area contributed by atoms with E-state index < -0.39 is 16.2 Å². The van der Waals surface area contributed by atoms with Gasteiger partial charge in [0.15, 0.2) is 0 Å². The minimum atomic E-state index is -4.42. The van der Waals surface area contributed by atoms with Crippen molar-refractivity contribution in [2.24, 2.45) is 5.92 Å². The molecule has 0 aromatic rings. The molecule has 3 aliphatic rings. The van der Waals surface area contributed by atoms with E-state index in [1.54, 1.807) is 4.72 Å². The van der Waals surface area contributed by atoms with E-state index in [4.69, 9.17) is 4.55 Å². The van der Waals surface area contributed by atoms with E-state index in [9.17, 15) is 13.2 Å². The molecule has 3 saturated heterocycles. The van der Waals surface area contributed by atoms with E-state index in [1.165, 1.54) is 0 Å². The lowest BCUT2D eigenvalue weighted by molar-refractivity contribution is -0.128. The Hall–Kier alpha value is -0.660. The highest BCUT2D eigenvalue weighted by atomic mass is 32.2. The summed E-state index contributed by atoms with van der Waals surface area (Å²) in [6.45, 7) is 1.68. The Morgan fingerprint density at radius 3 is 2.33 bits per heavy atom. The molecule has 0 radical (unpaired) electrons. The molecule has 0 spiro atoms. The molecule has 1 atom stereocenters. The third-order valence-corrected chi connectivity index (χ3v) is 3.64. The van der Waals surface area contributed by atoms with E-state index in [1.807, 2.05) is 4.90 Å². The Balaban J connectivity index is 2.02. The molecule has 0 aliphatic carbocycles. The van der Waals surface area contributed by atoms with Crippen LogP contribution in [0.4, 0.5) is 0 Å². The Morgan fingerprint density at radius 2 is 1.93 bits per heavy atom. The standard InChI is InChI=1S/C8H14N2O4S/c11-8(9-15(12,13)14)7-5-6-1-3-10(7)4-2-6/h6-7H,1-5H2,(H,9,11)(H,12,13,14). The van der Waals surface area contributed by atoms with Gasteiger partial charge in [0, 0.05) is 0 Å². The minimum absolute atomic E-state index is 0.389. The van der Waals surface area contributed by atoms with Gasteiger partial charge in [-0.2, -0.15) is 8.42 Å². The van der Waals surface area contributed by atoms with Crippen LogP contribution in [0.2, 0.25) is 0 Å². The van der Waals surface area contributed by atoms with Gasteiger partial charge in [-0.15, -0.1) is 0 Å². The topological polar surface area (TPSA) is 86.7 Å². The molecule has 3 rings (SSSR count). The molecule has 7 heteroatoms. The Bertz CT molecular complexity index is 359. The van der Waals surface area contributed by atoms with Crippen molar-refractivity contribution in [2.45, 2.75) is 25.3 Å². The summed E-state index contributed by atoms with van der Waals surface area (Å²) in [4.78, 5) is 13.5. The fourth-order valence-corrected chi connectivity index (χ4v) is 2.82. The van der Waals surface area contributed by atoms with E-state index in [0.717, 1.165) is 25.9 Å². The van der Waals surface area contributed by atoms with Crippen LogP contribution in [0.15, 0.2) is 0 Å². The first-order valence-electron chi connectivity index (χ1n) is 4.99. The van der Waals surface area contributed by atoms with Gasteiger partial charge in [0.1, 0.15) is 0 Å². The highest BCUT2D eigenvalue weighted by molar-refractivity contribution is 7.84. The van der Waals surface area contributed by atoms with Crippen LogP contribution in [-0.4, -0.2) is 42.9 Å². The van der Waals surface area contributed by atoms with Crippen LogP contribution >= 0.6 is 0 Å². The van der Waals surface area contributed by atoms with E-state index in [-0.39, 0.29) is 6.04 Å². The minimum Gasteiger partial charge on any atom is -0.292 e. The second kappa shape index (κ2) is 3.73. The van der Waals surface area contributed by atoms with Gasteiger partial charge in [-0.05, 0) is 38.3 Å². The average Bonchev–Trinajstić information content (AvgIpc) is 2.17. The summed E-state index contributed by atoms with van der Waals surface area (Å²) in [5, 5.41) is 0. The first-order chi connectivity index (χ1) is 6.96. The normalized spacial score (nSPS) is 35.1. The maximum Gasteiger partial charge on any atom is 0.359 e. The lowest BCUT2D eigenvalue weighted by atomic mass is 9.83. The molecule has 3 fully saturated rings. The number of nitrogens with one attached hydrogen (secondary N) is 1. The second-order valence-electron chi connectivity index (χ2n) is 4.17. The predicted octanol–water partition coefficient (Wildman–Crippen LogP) is -0.610. The van der Waals surface area contributed by atoms with Gasteiger partial charge in [-0.1, -0.05) is 0 Å². The first-order valence-corrected chi connectivity index (χ1v) is 6.43. The van der Waals surface area contributed by atoms with Gasteiger partial charge in [-0.25, -0.2) is 4.72 Å². The molecule has 86 valence electrons. The van der Waals surface area contributed by atoms with E-state index in [0.29, 0.717) is 12.3 Å². The highest BCUT2D eigenvalue weighted by Crippen LogP contribution is 2.31. The van der Waals surface area contributed by atoms with Crippen LogP contribution in [0.25, 0.3) is 0 Å². The number of nitrogens with zero attached hydrogens (tertiary/aromatic N) is 1. The summed E-state index contributed by atoms with van der Waals surface area (Å²) < 4.78 is 31.1. The number of piperidine rings is 3. The number of fused-ring (bicyclic) bond motifs is 3. The smallest absolute Gasteiger partial charge is 0.292 e. The van der Waals surface area contributed by atoms with Gasteiger partial charge >= 0.3 is 10.3 Å². The van der Waals surface area contributed by atoms with Crippen LogP contribution in [-0.2, 0) is 15.1 Å². The zero-order valence-corrected chi connectivity index (χ0v) is 9.03. The molecule has 1 unspecified atom stereocenters. The number of rotatable bonds is 2. The van der Waals surface area contributed by atoms with Crippen molar-refractivity contribution < 1.29 is 17.8 Å². The SMILES string of the molecule is O=C(NS(=O)(=O)O)C1CC2CCN1CC2. The van der Waals surface area contributed by atoms with Crippen molar-refractivity contribution in [1.29, 1.82) is 0 Å². The Kier molecular flexibility index (Phi) is 2.70. The van der Waals surface area contributed by atoms with Gasteiger partial charge in [0.25, 0.3) is 5.91 Å². The van der Waals surface area contributed by atoms with Gasteiger partial charge in [-0.3, -0.25) is 14.2 Å². The highest BCUT2D eigenvalue weighted by Gasteiger charge is 2.38. The summed E-state index contributed by atoms with van der Waals surface area (Å²) in [6.07, 6.45) is 2.85. The lowest BCUT2D eigenvalue weighted by Crippen LogP contribution is -2.56. The number of carbonyl (C=O) groups is 1. The summed E-state index contributed by atoms with van der Waals surface area (Å²) in [6, 6.07) is -0.389. The molecule has 1 amide bonds. The average molecular weight is 234 g/mol. The monoisotopic (exact) mass is 234 g/mol. The van der Waals surface area contributed by atoms with E-state index in [2.05, 4.69) is 0 Å². The van der Waals surface area contributed by atoms with Gasteiger partial charge in [0.05, 0.1) is 6.04 Å². The van der Waals surface area contributed by atoms with Crippen molar-refractivity contribution in [3.05, 3.63) is 0 Å². The number of amides is 1. The fraction of sp³-hybridized carbons (Fsp3) is 0.875. The van der Waals surface area contributed by atoms with E-state index >= 15 is 0 Å². The quantitative estimate of drug-likeness (QED) is 0.622. The van der Waals surface area contributed by atoms with Crippen molar-refractivity contribution >= 4 is 16.2 Å². The molecule has 2 N–H and O–H groups in total. The molecule has 6 nitrogen and oxygen atoms in total. The molecule has 15 heavy (non-hydrogen) atoms. The molecular formula is C8H14N2O4S. The molecule has 3 heterocycles. The molecule has 0 aromatic heterocycles. The maximum absolute atomic E-state index is 11.5. The van der Waals surface area contributed by atoms with Crippen molar-refractivity contribution in [3.8, 4) is 0 Å². The predicted molar refractivity (Wildman–Crippen MR) is 52.4 cm³/mol. The molecule has 0 saturated carbocycles. The third kappa shape index (κ3) is 2.47. The molecule has 0 aromatic carbocycles. The van der Waals surface area contributed by atoms with Crippen LogP contribution in [0.3, 0.4) is 0 Å². The third-order valence-electron chi connectivity index (χ3n) is 3.18. The van der Waals surface area contributed by atoms with Crippen molar-refractivity contribution in [2.75, 3.05) is 13.1 Å². The van der Waals surface area contributed by atoms with Gasteiger partial charge < -0.3 is 0 Å². The summed E-state index contributed by atoms with van der Waals surface area (Å²) in [7, 11) is -4.42. The number of hydrogen-bond donors (Lipinski definition) is 2. The Labute approximate surface area is 88.5 Å². The van der Waals surface area contributed by atoms with Crippen molar-refractivity contribution in [1.82, 2.24) is 9.62 Å². The largest absolute Gasteiger partial charge is 0.359 e. The maximum atomic E-state index is 11.5. The van der Waals surface area contributed by atoms with Gasteiger partial charge in [0.2, 0.25) is 0 Å². The summed E-state index contributed by atoms with van der Waals surface area (Å²) in [5.41, 5.74) is 0. The summed E-state index contributed by atoms with van der Waals surface area (Å²) in [5.74, 6) is -0.0888. The number of hydrogen-bond acceptors (Lipinski definition) is 4. The fourth-order valence-electron chi connectivity index (χ4n) is 2.43. The lowest BCUT2D eigenvalue weighted by Gasteiger charge is -2.44. The van der Waals surface area contributed by atoms with Crippen LogP contribution in [0, 0.1) is 5.92 Å². The van der Waals surface area contributed by atoms with Crippen LogP contribution < -0.4 is 4.72 Å². The summed E-state index contributed by atoms with van der Waals surface area (Å²) >= 11 is 0. The van der Waals surface area contributed by atoms with Crippen molar-refractivity contribution in [3.63, 3.8) is 0 Å². The van der Waals surface area contributed by atoms with Crippen LogP contribution in [0.5, 0.6) is 0 Å². The molecular weight excluding hydrogens is 220 g/mol. The Morgan fingerprint density at radius 1 is 1.33 bits per heavy atom. The second-order valence-corrected chi connectivity index (χ2v) is 5.33. The zero-order chi connectivity index (χ0) is 11.1.